The minimum atomic E-state index is -0.548. The highest BCUT2D eigenvalue weighted by Gasteiger charge is 2.17. The van der Waals surface area contributed by atoms with Crippen molar-refractivity contribution in [1.29, 1.82) is 0 Å². The van der Waals surface area contributed by atoms with Crippen molar-refractivity contribution in [2.24, 2.45) is 5.73 Å². The number of fused-ring (bicyclic) bond motifs is 1. The molecule has 5 nitrogen and oxygen atoms in total. The van der Waals surface area contributed by atoms with Crippen LogP contribution >= 0.6 is 0 Å². The maximum atomic E-state index is 13.4. The molecule has 0 radical (unpaired) electrons. The standard InChI is InChI=1S/C25H20FN3O2/c1-3-23(30)28-21-6-4-5-17(14(21)2)18-11-12-19(25(27)31)24-20(18)13-22(29-24)15-7-9-16(26)10-8-15/h3-13,29H,1H2,2H3,(H2,27,31)(H,28,30). The Morgan fingerprint density at radius 2 is 1.81 bits per heavy atom. The van der Waals surface area contributed by atoms with Gasteiger partial charge in [-0.15, -0.1) is 0 Å². The van der Waals surface area contributed by atoms with Crippen molar-refractivity contribution in [3.05, 3.63) is 90.3 Å². The number of nitrogens with two attached hydrogens (primary N) is 1. The number of carbonyl (C=O) groups excluding carboxylic acids is 2. The van der Waals surface area contributed by atoms with E-state index in [9.17, 15) is 14.0 Å². The summed E-state index contributed by atoms with van der Waals surface area (Å²) in [7, 11) is 0. The topological polar surface area (TPSA) is 88.0 Å². The lowest BCUT2D eigenvalue weighted by Gasteiger charge is -2.13. The average molecular weight is 413 g/mol. The van der Waals surface area contributed by atoms with E-state index in [-0.39, 0.29) is 11.7 Å². The summed E-state index contributed by atoms with van der Waals surface area (Å²) in [4.78, 5) is 27.1. The molecule has 4 rings (SSSR count). The maximum absolute atomic E-state index is 13.4. The molecule has 4 aromatic rings. The zero-order valence-electron chi connectivity index (χ0n) is 16.8. The van der Waals surface area contributed by atoms with Crippen LogP contribution < -0.4 is 11.1 Å². The molecule has 0 atom stereocenters. The van der Waals surface area contributed by atoms with E-state index in [2.05, 4.69) is 16.9 Å². The zero-order chi connectivity index (χ0) is 22.1. The van der Waals surface area contributed by atoms with Crippen molar-refractivity contribution in [1.82, 2.24) is 4.98 Å². The van der Waals surface area contributed by atoms with Crippen LogP contribution in [-0.4, -0.2) is 16.8 Å². The number of carbonyl (C=O) groups is 2. The van der Waals surface area contributed by atoms with Crippen molar-refractivity contribution >= 4 is 28.4 Å². The van der Waals surface area contributed by atoms with Gasteiger partial charge in [0, 0.05) is 16.8 Å². The Morgan fingerprint density at radius 1 is 1.06 bits per heavy atom. The predicted octanol–water partition coefficient (Wildman–Crippen LogP) is 5.17. The number of H-pyrrole nitrogens is 1. The second-order valence-corrected chi connectivity index (χ2v) is 7.18. The van der Waals surface area contributed by atoms with Crippen molar-refractivity contribution in [2.75, 3.05) is 5.32 Å². The molecule has 0 bridgehead atoms. The van der Waals surface area contributed by atoms with Gasteiger partial charge in [-0.3, -0.25) is 9.59 Å². The van der Waals surface area contributed by atoms with E-state index in [1.165, 1.54) is 18.2 Å². The predicted molar refractivity (Wildman–Crippen MR) is 121 cm³/mol. The van der Waals surface area contributed by atoms with Crippen LogP contribution in [0.15, 0.2) is 73.3 Å². The fraction of sp³-hybridized carbons (Fsp3) is 0.0400. The number of nitrogens with one attached hydrogen (secondary N) is 2. The van der Waals surface area contributed by atoms with E-state index in [1.807, 2.05) is 37.3 Å². The van der Waals surface area contributed by atoms with E-state index in [1.54, 1.807) is 18.2 Å². The number of rotatable bonds is 5. The Bertz CT molecular complexity index is 1340. The fourth-order valence-corrected chi connectivity index (χ4v) is 3.69. The molecule has 154 valence electrons. The zero-order valence-corrected chi connectivity index (χ0v) is 16.8. The molecule has 6 heteroatoms. The Kier molecular flexibility index (Phi) is 5.13. The Balaban J connectivity index is 1.93. The molecule has 0 unspecified atom stereocenters. The molecule has 1 heterocycles. The van der Waals surface area contributed by atoms with Crippen LogP contribution in [-0.2, 0) is 4.79 Å². The number of anilines is 1. The van der Waals surface area contributed by atoms with Crippen LogP contribution in [0.1, 0.15) is 15.9 Å². The highest BCUT2D eigenvalue weighted by atomic mass is 19.1. The van der Waals surface area contributed by atoms with Gasteiger partial charge in [0.15, 0.2) is 0 Å². The molecular weight excluding hydrogens is 393 g/mol. The molecule has 0 aliphatic carbocycles. The van der Waals surface area contributed by atoms with E-state index in [0.29, 0.717) is 16.8 Å². The molecule has 0 saturated heterocycles. The third-order valence-electron chi connectivity index (χ3n) is 5.28. The number of benzene rings is 3. The molecule has 0 spiro atoms. The SMILES string of the molecule is C=CC(=O)Nc1cccc(-c2ccc(C(N)=O)c3[nH]c(-c4ccc(F)cc4)cc23)c1C. The normalized spacial score (nSPS) is 10.8. The summed E-state index contributed by atoms with van der Waals surface area (Å²) in [5.74, 6) is -1.17. The molecule has 1 aromatic heterocycles. The van der Waals surface area contributed by atoms with Gasteiger partial charge in [0.05, 0.1) is 11.1 Å². The fourth-order valence-electron chi connectivity index (χ4n) is 3.69. The van der Waals surface area contributed by atoms with Crippen molar-refractivity contribution < 1.29 is 14.0 Å². The van der Waals surface area contributed by atoms with Gasteiger partial charge in [-0.25, -0.2) is 4.39 Å². The number of hydrogen-bond donors (Lipinski definition) is 3. The lowest BCUT2D eigenvalue weighted by atomic mass is 9.94. The number of aromatic nitrogens is 1. The number of primary amides is 1. The van der Waals surface area contributed by atoms with E-state index in [0.717, 1.165) is 33.3 Å². The first-order valence-corrected chi connectivity index (χ1v) is 9.64. The van der Waals surface area contributed by atoms with Crippen LogP contribution in [0.3, 0.4) is 0 Å². The first-order chi connectivity index (χ1) is 14.9. The highest BCUT2D eigenvalue weighted by molar-refractivity contribution is 6.11. The third-order valence-corrected chi connectivity index (χ3v) is 5.28. The van der Waals surface area contributed by atoms with Crippen LogP contribution in [0.5, 0.6) is 0 Å². The quantitative estimate of drug-likeness (QED) is 0.394. The third kappa shape index (κ3) is 3.71. The second kappa shape index (κ2) is 7.91. The van der Waals surface area contributed by atoms with Crippen molar-refractivity contribution in [3.63, 3.8) is 0 Å². The van der Waals surface area contributed by atoms with Crippen LogP contribution in [0.4, 0.5) is 10.1 Å². The summed E-state index contributed by atoms with van der Waals surface area (Å²) < 4.78 is 13.4. The molecule has 0 fully saturated rings. The van der Waals surface area contributed by atoms with Crippen LogP contribution in [0, 0.1) is 12.7 Å². The summed E-state index contributed by atoms with van der Waals surface area (Å²) in [5.41, 5.74) is 11.4. The minimum absolute atomic E-state index is 0.297. The molecule has 0 aliphatic rings. The van der Waals surface area contributed by atoms with E-state index < -0.39 is 5.91 Å². The summed E-state index contributed by atoms with van der Waals surface area (Å²) in [6, 6.07) is 17.1. The molecule has 0 aliphatic heterocycles. The van der Waals surface area contributed by atoms with Crippen molar-refractivity contribution in [3.8, 4) is 22.4 Å². The number of aromatic amines is 1. The molecular formula is C25H20FN3O2. The number of halogens is 1. The number of hydrogen-bond acceptors (Lipinski definition) is 2. The van der Waals surface area contributed by atoms with Gasteiger partial charge in [-0.2, -0.15) is 0 Å². The summed E-state index contributed by atoms with van der Waals surface area (Å²) in [6.07, 6.45) is 1.22. The smallest absolute Gasteiger partial charge is 0.250 e. The largest absolute Gasteiger partial charge is 0.366 e. The summed E-state index contributed by atoms with van der Waals surface area (Å²) in [6.45, 7) is 5.40. The Labute approximate surface area is 178 Å². The molecule has 31 heavy (non-hydrogen) atoms. The summed E-state index contributed by atoms with van der Waals surface area (Å²) in [5, 5.41) is 3.61. The monoisotopic (exact) mass is 413 g/mol. The average Bonchev–Trinajstić information content (AvgIpc) is 3.20. The molecule has 0 saturated carbocycles. The van der Waals surface area contributed by atoms with Gasteiger partial charge in [0.2, 0.25) is 5.91 Å². The van der Waals surface area contributed by atoms with Gasteiger partial charge in [0.1, 0.15) is 5.82 Å². The first-order valence-electron chi connectivity index (χ1n) is 9.64. The van der Waals surface area contributed by atoms with Gasteiger partial charge in [-0.1, -0.05) is 24.8 Å². The minimum Gasteiger partial charge on any atom is -0.366 e. The maximum Gasteiger partial charge on any atom is 0.250 e. The lowest BCUT2D eigenvalue weighted by Crippen LogP contribution is -2.11. The number of amides is 2. The molecule has 2 amide bonds. The first kappa shape index (κ1) is 20.1. The van der Waals surface area contributed by atoms with E-state index in [4.69, 9.17) is 5.73 Å². The van der Waals surface area contributed by atoms with Gasteiger partial charge in [0.25, 0.3) is 5.91 Å². The Hall–Kier alpha value is -4.19. The van der Waals surface area contributed by atoms with Crippen LogP contribution in [0.2, 0.25) is 0 Å². The molecule has 3 aromatic carbocycles. The van der Waals surface area contributed by atoms with Crippen LogP contribution in [0.25, 0.3) is 33.3 Å². The molecule has 4 N–H and O–H groups in total. The van der Waals surface area contributed by atoms with Gasteiger partial charge >= 0.3 is 0 Å². The lowest BCUT2D eigenvalue weighted by molar-refractivity contribution is -0.111. The highest BCUT2D eigenvalue weighted by Crippen LogP contribution is 2.37. The second-order valence-electron chi connectivity index (χ2n) is 7.18. The Morgan fingerprint density at radius 3 is 2.48 bits per heavy atom. The van der Waals surface area contributed by atoms with Crippen molar-refractivity contribution in [2.45, 2.75) is 6.92 Å². The van der Waals surface area contributed by atoms with E-state index >= 15 is 0 Å². The van der Waals surface area contributed by atoms with Gasteiger partial charge in [-0.05, 0) is 77.7 Å². The summed E-state index contributed by atoms with van der Waals surface area (Å²) >= 11 is 0. The van der Waals surface area contributed by atoms with Gasteiger partial charge < -0.3 is 16.0 Å².